The molecule has 0 saturated carbocycles. The van der Waals surface area contributed by atoms with Gasteiger partial charge < -0.3 is 4.74 Å². The zero-order valence-corrected chi connectivity index (χ0v) is 10.2. The van der Waals surface area contributed by atoms with Gasteiger partial charge in [-0.2, -0.15) is 0 Å². The van der Waals surface area contributed by atoms with Gasteiger partial charge in [0, 0.05) is 10.2 Å². The molecule has 0 radical (unpaired) electrons. The highest BCUT2D eigenvalue weighted by Gasteiger charge is 2.30. The van der Waals surface area contributed by atoms with E-state index in [4.69, 9.17) is 4.74 Å². The molecule has 0 aliphatic carbocycles. The highest BCUT2D eigenvalue weighted by molar-refractivity contribution is 9.10. The Morgan fingerprint density at radius 1 is 1.53 bits per heavy atom. The first kappa shape index (κ1) is 10.5. The highest BCUT2D eigenvalue weighted by Crippen LogP contribution is 2.27. The van der Waals surface area contributed by atoms with E-state index in [0.29, 0.717) is 6.61 Å². The van der Waals surface area contributed by atoms with E-state index in [1.54, 1.807) is 4.90 Å². The molecule has 1 aromatic rings. The van der Waals surface area contributed by atoms with Crippen molar-refractivity contribution in [2.45, 2.75) is 19.9 Å². The molecule has 1 aliphatic rings. The number of rotatable bonds is 1. The van der Waals surface area contributed by atoms with E-state index in [-0.39, 0.29) is 12.1 Å². The van der Waals surface area contributed by atoms with Gasteiger partial charge >= 0.3 is 6.09 Å². The fourth-order valence-corrected chi connectivity index (χ4v) is 1.97. The standard InChI is InChI=1S/C11H12BrNO2/c1-7-3-4-9(5-10(7)12)13-8(2)6-15-11(13)14/h3-5,8H,6H2,1-2H3/t8-/m1/s1. The fourth-order valence-electron chi connectivity index (χ4n) is 1.61. The summed E-state index contributed by atoms with van der Waals surface area (Å²) in [5.74, 6) is 0. The fraction of sp³-hybridized carbons (Fsp3) is 0.364. The Balaban J connectivity index is 2.36. The molecule has 1 heterocycles. The maximum absolute atomic E-state index is 11.5. The van der Waals surface area contributed by atoms with Gasteiger partial charge in [-0.25, -0.2) is 4.79 Å². The Morgan fingerprint density at radius 3 is 2.80 bits per heavy atom. The zero-order chi connectivity index (χ0) is 11.0. The number of carbonyl (C=O) groups excluding carboxylic acids is 1. The summed E-state index contributed by atoms with van der Waals surface area (Å²) < 4.78 is 5.98. The number of nitrogens with zero attached hydrogens (tertiary/aromatic N) is 1. The van der Waals surface area contributed by atoms with Crippen molar-refractivity contribution in [1.82, 2.24) is 0 Å². The van der Waals surface area contributed by atoms with Crippen LogP contribution in [0.15, 0.2) is 22.7 Å². The second-order valence-electron chi connectivity index (χ2n) is 3.73. The van der Waals surface area contributed by atoms with Crippen molar-refractivity contribution < 1.29 is 9.53 Å². The lowest BCUT2D eigenvalue weighted by Crippen LogP contribution is -2.30. The predicted octanol–water partition coefficient (Wildman–Crippen LogP) is 3.10. The zero-order valence-electron chi connectivity index (χ0n) is 8.66. The highest BCUT2D eigenvalue weighted by atomic mass is 79.9. The number of hydrogen-bond donors (Lipinski definition) is 0. The van der Waals surface area contributed by atoms with Crippen LogP contribution >= 0.6 is 15.9 Å². The molecule has 1 saturated heterocycles. The molecule has 80 valence electrons. The van der Waals surface area contributed by atoms with Gasteiger partial charge in [0.1, 0.15) is 6.61 Å². The van der Waals surface area contributed by atoms with E-state index in [1.165, 1.54) is 0 Å². The average Bonchev–Trinajstić information content (AvgIpc) is 2.52. The molecule has 4 heteroatoms. The third kappa shape index (κ3) is 1.86. The second-order valence-corrected chi connectivity index (χ2v) is 4.58. The van der Waals surface area contributed by atoms with Gasteiger partial charge in [0.25, 0.3) is 0 Å². The third-order valence-electron chi connectivity index (χ3n) is 2.52. The minimum absolute atomic E-state index is 0.104. The van der Waals surface area contributed by atoms with Gasteiger partial charge in [-0.15, -0.1) is 0 Å². The van der Waals surface area contributed by atoms with Crippen LogP contribution in [0.25, 0.3) is 0 Å². The summed E-state index contributed by atoms with van der Waals surface area (Å²) in [6.45, 7) is 4.45. The Bertz CT molecular complexity index is 406. The molecule has 0 bridgehead atoms. The van der Waals surface area contributed by atoms with E-state index in [2.05, 4.69) is 15.9 Å². The molecule has 0 N–H and O–H groups in total. The normalized spacial score (nSPS) is 20.6. The van der Waals surface area contributed by atoms with Crippen LogP contribution in [0.1, 0.15) is 12.5 Å². The third-order valence-corrected chi connectivity index (χ3v) is 3.37. The molecule has 1 amide bonds. The lowest BCUT2D eigenvalue weighted by atomic mass is 10.2. The molecule has 0 unspecified atom stereocenters. The molecular formula is C11H12BrNO2. The summed E-state index contributed by atoms with van der Waals surface area (Å²) in [6.07, 6.45) is -0.266. The summed E-state index contributed by atoms with van der Waals surface area (Å²) in [4.78, 5) is 13.1. The number of anilines is 1. The Morgan fingerprint density at radius 2 is 2.27 bits per heavy atom. The summed E-state index contributed by atoms with van der Waals surface area (Å²) in [5, 5.41) is 0. The van der Waals surface area contributed by atoms with Crippen LogP contribution < -0.4 is 4.90 Å². The minimum atomic E-state index is -0.266. The molecule has 3 nitrogen and oxygen atoms in total. The van der Waals surface area contributed by atoms with Crippen LogP contribution in [-0.2, 0) is 4.74 Å². The number of halogens is 1. The number of cyclic esters (lactones) is 1. The maximum Gasteiger partial charge on any atom is 0.414 e. The van der Waals surface area contributed by atoms with Crippen LogP contribution in [0.4, 0.5) is 10.5 Å². The van der Waals surface area contributed by atoms with E-state index in [0.717, 1.165) is 15.7 Å². The first-order valence-corrected chi connectivity index (χ1v) is 5.61. The second kappa shape index (κ2) is 3.85. The van der Waals surface area contributed by atoms with E-state index in [9.17, 15) is 4.79 Å². The molecule has 2 rings (SSSR count). The van der Waals surface area contributed by atoms with Crippen LogP contribution in [-0.4, -0.2) is 18.7 Å². The number of ether oxygens (including phenoxy) is 1. The van der Waals surface area contributed by atoms with Gasteiger partial charge in [0.2, 0.25) is 0 Å². The van der Waals surface area contributed by atoms with Crippen LogP contribution in [0.3, 0.4) is 0 Å². The molecule has 1 aliphatic heterocycles. The Labute approximate surface area is 97.2 Å². The van der Waals surface area contributed by atoms with Crippen molar-refractivity contribution in [3.63, 3.8) is 0 Å². The number of aryl methyl sites for hydroxylation is 1. The molecule has 1 aromatic carbocycles. The van der Waals surface area contributed by atoms with Crippen LogP contribution in [0.2, 0.25) is 0 Å². The quantitative estimate of drug-likeness (QED) is 0.784. The van der Waals surface area contributed by atoms with Crippen molar-refractivity contribution >= 4 is 27.7 Å². The summed E-state index contributed by atoms with van der Waals surface area (Å²) in [7, 11) is 0. The maximum atomic E-state index is 11.5. The van der Waals surface area contributed by atoms with Gasteiger partial charge in [0.15, 0.2) is 0 Å². The minimum Gasteiger partial charge on any atom is -0.447 e. The Hall–Kier alpha value is -1.03. The van der Waals surface area contributed by atoms with Crippen molar-refractivity contribution in [1.29, 1.82) is 0 Å². The SMILES string of the molecule is Cc1ccc(N2C(=O)OC[C@H]2C)cc1Br. The van der Waals surface area contributed by atoms with Gasteiger partial charge in [0.05, 0.1) is 6.04 Å². The van der Waals surface area contributed by atoms with Crippen molar-refractivity contribution in [2.24, 2.45) is 0 Å². The average molecular weight is 270 g/mol. The Kier molecular flexibility index (Phi) is 2.69. The smallest absolute Gasteiger partial charge is 0.414 e. The number of hydrogen-bond acceptors (Lipinski definition) is 2. The summed E-state index contributed by atoms with van der Waals surface area (Å²) in [5.41, 5.74) is 2.03. The summed E-state index contributed by atoms with van der Waals surface area (Å²) >= 11 is 3.45. The van der Waals surface area contributed by atoms with E-state index < -0.39 is 0 Å². The lowest BCUT2D eigenvalue weighted by Gasteiger charge is -2.18. The summed E-state index contributed by atoms with van der Waals surface area (Å²) in [6, 6.07) is 5.96. The van der Waals surface area contributed by atoms with E-state index >= 15 is 0 Å². The largest absolute Gasteiger partial charge is 0.447 e. The van der Waals surface area contributed by atoms with Gasteiger partial charge in [-0.1, -0.05) is 22.0 Å². The lowest BCUT2D eigenvalue weighted by molar-refractivity contribution is 0.179. The molecule has 0 spiro atoms. The predicted molar refractivity (Wildman–Crippen MR) is 62.2 cm³/mol. The van der Waals surface area contributed by atoms with Gasteiger partial charge in [-0.05, 0) is 31.5 Å². The van der Waals surface area contributed by atoms with Crippen molar-refractivity contribution in [2.75, 3.05) is 11.5 Å². The van der Waals surface area contributed by atoms with Crippen LogP contribution in [0, 0.1) is 6.92 Å². The monoisotopic (exact) mass is 269 g/mol. The number of carbonyl (C=O) groups is 1. The molecule has 15 heavy (non-hydrogen) atoms. The van der Waals surface area contributed by atoms with Crippen LogP contribution in [0.5, 0.6) is 0 Å². The van der Waals surface area contributed by atoms with Crippen molar-refractivity contribution in [3.8, 4) is 0 Å². The first-order chi connectivity index (χ1) is 7.09. The topological polar surface area (TPSA) is 29.5 Å². The molecule has 0 aromatic heterocycles. The van der Waals surface area contributed by atoms with Crippen molar-refractivity contribution in [3.05, 3.63) is 28.2 Å². The molecule has 1 atom stereocenters. The number of amides is 1. The first-order valence-electron chi connectivity index (χ1n) is 4.81. The number of benzene rings is 1. The van der Waals surface area contributed by atoms with Gasteiger partial charge in [-0.3, -0.25) is 4.90 Å². The van der Waals surface area contributed by atoms with E-state index in [1.807, 2.05) is 32.0 Å². The molecular weight excluding hydrogens is 258 g/mol. The molecule has 1 fully saturated rings.